The van der Waals surface area contributed by atoms with Crippen molar-refractivity contribution in [3.05, 3.63) is 41.1 Å². The Labute approximate surface area is 152 Å². The maximum atomic E-state index is 12.9. The molecule has 0 saturated carbocycles. The molecule has 2 aromatic heterocycles. The number of fused-ring (bicyclic) bond motifs is 1. The lowest BCUT2D eigenvalue weighted by Crippen LogP contribution is -2.23. The number of carbonyl (C=O) groups excluding carboxylic acids is 1. The molecule has 1 aliphatic rings. The van der Waals surface area contributed by atoms with Gasteiger partial charge in [-0.2, -0.15) is 13.2 Å². The second-order valence-corrected chi connectivity index (χ2v) is 6.58. The van der Waals surface area contributed by atoms with Crippen LogP contribution in [0.4, 0.5) is 18.9 Å². The number of hydrogen-bond donors (Lipinski definition) is 3. The summed E-state index contributed by atoms with van der Waals surface area (Å²) in [4.78, 5) is 19.8. The van der Waals surface area contributed by atoms with Gasteiger partial charge in [-0.15, -0.1) is 0 Å². The van der Waals surface area contributed by atoms with Crippen molar-refractivity contribution in [2.45, 2.75) is 32.5 Å². The molecule has 5 N–H and O–H groups in total. The number of anilines is 1. The number of halogens is 3. The fourth-order valence-corrected chi connectivity index (χ4v) is 3.43. The molecular formula is C17H18F3N5O2. The SMILES string of the molecule is CC1=CC=C(O)C(C)[C@H]1c1c(N)c(C(N)=O)nc2c1ncn2CC(F)(F)F. The molecule has 1 unspecified atom stereocenters. The van der Waals surface area contributed by atoms with Gasteiger partial charge in [-0.05, 0) is 13.0 Å². The molecule has 7 nitrogen and oxygen atoms in total. The zero-order valence-corrected chi connectivity index (χ0v) is 14.6. The molecule has 144 valence electrons. The highest BCUT2D eigenvalue weighted by molar-refractivity contribution is 6.00. The highest BCUT2D eigenvalue weighted by Gasteiger charge is 2.34. The zero-order valence-electron chi connectivity index (χ0n) is 14.6. The van der Waals surface area contributed by atoms with Crippen LogP contribution in [0.15, 0.2) is 29.8 Å². The second-order valence-electron chi connectivity index (χ2n) is 6.58. The molecule has 2 aromatic rings. The van der Waals surface area contributed by atoms with Gasteiger partial charge in [-0.25, -0.2) is 9.97 Å². The number of nitrogen functional groups attached to an aromatic ring is 1. The number of aromatic nitrogens is 3. The highest BCUT2D eigenvalue weighted by Crippen LogP contribution is 2.43. The van der Waals surface area contributed by atoms with Gasteiger partial charge in [0.25, 0.3) is 5.91 Å². The monoisotopic (exact) mass is 381 g/mol. The summed E-state index contributed by atoms with van der Waals surface area (Å²) in [5.41, 5.74) is 12.2. The number of aliphatic hydroxyl groups is 1. The number of primary amides is 1. The molecule has 2 heterocycles. The Morgan fingerprint density at radius 2 is 2.04 bits per heavy atom. The van der Waals surface area contributed by atoms with Crippen LogP contribution in [-0.4, -0.2) is 31.7 Å². The van der Waals surface area contributed by atoms with Gasteiger partial charge in [-0.1, -0.05) is 18.6 Å². The third kappa shape index (κ3) is 3.22. The van der Waals surface area contributed by atoms with Crippen molar-refractivity contribution in [1.82, 2.24) is 14.5 Å². The molecule has 1 aliphatic carbocycles. The molecule has 0 bridgehead atoms. The lowest BCUT2D eigenvalue weighted by Gasteiger charge is -2.29. The maximum absolute atomic E-state index is 12.9. The van der Waals surface area contributed by atoms with Gasteiger partial charge in [0, 0.05) is 17.4 Å². The average molecular weight is 381 g/mol. The number of allylic oxidation sites excluding steroid dienone is 4. The number of carbonyl (C=O) groups is 1. The Balaban J connectivity index is 2.31. The fraction of sp³-hybridized carbons (Fsp3) is 0.353. The first-order chi connectivity index (χ1) is 12.5. The summed E-state index contributed by atoms with van der Waals surface area (Å²) in [6.45, 7) is 2.22. The number of alkyl halides is 3. The van der Waals surface area contributed by atoms with E-state index in [0.29, 0.717) is 5.56 Å². The topological polar surface area (TPSA) is 120 Å². The Kier molecular flexibility index (Phi) is 4.37. The predicted molar refractivity (Wildman–Crippen MR) is 92.9 cm³/mol. The summed E-state index contributed by atoms with van der Waals surface area (Å²) in [6.07, 6.45) is -0.273. The maximum Gasteiger partial charge on any atom is 0.406 e. The summed E-state index contributed by atoms with van der Waals surface area (Å²) >= 11 is 0. The average Bonchev–Trinajstić information content (AvgIpc) is 2.93. The number of nitrogens with zero attached hydrogens (tertiary/aromatic N) is 3. The van der Waals surface area contributed by atoms with E-state index in [-0.39, 0.29) is 28.3 Å². The molecule has 0 aliphatic heterocycles. The largest absolute Gasteiger partial charge is 0.512 e. The molecule has 1 amide bonds. The van der Waals surface area contributed by atoms with Crippen LogP contribution in [0.5, 0.6) is 0 Å². The van der Waals surface area contributed by atoms with Crippen LogP contribution < -0.4 is 11.5 Å². The second kappa shape index (κ2) is 6.29. The van der Waals surface area contributed by atoms with E-state index >= 15 is 0 Å². The van der Waals surface area contributed by atoms with Crippen molar-refractivity contribution >= 4 is 22.8 Å². The van der Waals surface area contributed by atoms with E-state index in [9.17, 15) is 23.1 Å². The van der Waals surface area contributed by atoms with Gasteiger partial charge in [0.2, 0.25) is 0 Å². The van der Waals surface area contributed by atoms with Gasteiger partial charge in [0.05, 0.1) is 17.8 Å². The van der Waals surface area contributed by atoms with E-state index in [0.717, 1.165) is 16.5 Å². The zero-order chi connectivity index (χ0) is 20.1. The highest BCUT2D eigenvalue weighted by atomic mass is 19.4. The number of imidazole rings is 1. The van der Waals surface area contributed by atoms with Crippen LogP contribution in [0.25, 0.3) is 11.2 Å². The first-order valence-corrected chi connectivity index (χ1v) is 8.09. The van der Waals surface area contributed by atoms with Gasteiger partial charge in [0.1, 0.15) is 12.1 Å². The minimum absolute atomic E-state index is 0.0495. The van der Waals surface area contributed by atoms with Crippen molar-refractivity contribution in [2.75, 3.05) is 5.73 Å². The summed E-state index contributed by atoms with van der Waals surface area (Å²) in [7, 11) is 0. The Bertz CT molecular complexity index is 991. The van der Waals surface area contributed by atoms with Crippen LogP contribution in [0.1, 0.15) is 35.8 Å². The summed E-state index contributed by atoms with van der Waals surface area (Å²) < 4.78 is 39.4. The molecule has 0 aromatic carbocycles. The molecule has 0 spiro atoms. The standard InChI is InChI=1S/C17H18F3N5O2/c1-7-3-4-9(26)8(2)10(7)11-12(21)14(15(22)27)24-16-13(11)23-6-25(16)5-17(18,19)20/h3-4,6,8,10,26H,5,21H2,1-2H3,(H2,22,27)/t8?,10-/m0/s1. The predicted octanol–water partition coefficient (Wildman–Crippen LogP) is 2.80. The van der Waals surface area contributed by atoms with E-state index in [1.807, 2.05) is 0 Å². The van der Waals surface area contributed by atoms with Crippen molar-refractivity contribution in [3.63, 3.8) is 0 Å². The van der Waals surface area contributed by atoms with Crippen LogP contribution in [0.3, 0.4) is 0 Å². The van der Waals surface area contributed by atoms with Crippen molar-refractivity contribution < 1.29 is 23.1 Å². The van der Waals surface area contributed by atoms with Gasteiger partial charge in [0.15, 0.2) is 11.3 Å². The minimum atomic E-state index is -4.50. The number of pyridine rings is 1. The Morgan fingerprint density at radius 3 is 2.63 bits per heavy atom. The third-order valence-corrected chi connectivity index (χ3v) is 4.70. The molecule has 2 atom stereocenters. The number of rotatable bonds is 3. The van der Waals surface area contributed by atoms with Crippen LogP contribution in [0, 0.1) is 5.92 Å². The molecule has 10 heteroatoms. The van der Waals surface area contributed by atoms with E-state index < -0.39 is 30.5 Å². The van der Waals surface area contributed by atoms with Gasteiger partial charge >= 0.3 is 6.18 Å². The number of nitrogens with two attached hydrogens (primary N) is 2. The summed E-state index contributed by atoms with van der Waals surface area (Å²) in [5, 5.41) is 10.1. The normalized spacial score (nSPS) is 20.5. The lowest BCUT2D eigenvalue weighted by molar-refractivity contribution is -0.140. The van der Waals surface area contributed by atoms with Crippen LogP contribution in [0.2, 0.25) is 0 Å². The number of aliphatic hydroxyl groups excluding tert-OH is 1. The third-order valence-electron chi connectivity index (χ3n) is 4.70. The van der Waals surface area contributed by atoms with Crippen molar-refractivity contribution in [1.29, 1.82) is 0 Å². The van der Waals surface area contributed by atoms with E-state index in [2.05, 4.69) is 9.97 Å². The van der Waals surface area contributed by atoms with Gasteiger partial charge < -0.3 is 21.1 Å². The molecule has 0 saturated heterocycles. The molecule has 3 rings (SSSR count). The Hall–Kier alpha value is -3.04. The number of amides is 1. The minimum Gasteiger partial charge on any atom is -0.512 e. The first-order valence-electron chi connectivity index (χ1n) is 8.09. The van der Waals surface area contributed by atoms with E-state index in [1.165, 1.54) is 0 Å². The molecule has 0 radical (unpaired) electrons. The van der Waals surface area contributed by atoms with E-state index in [4.69, 9.17) is 11.5 Å². The molecular weight excluding hydrogens is 363 g/mol. The van der Waals surface area contributed by atoms with Gasteiger partial charge in [-0.3, -0.25) is 4.79 Å². The number of hydrogen-bond acceptors (Lipinski definition) is 5. The quantitative estimate of drug-likeness (QED) is 0.755. The first kappa shape index (κ1) is 18.7. The van der Waals surface area contributed by atoms with Crippen molar-refractivity contribution in [3.8, 4) is 0 Å². The smallest absolute Gasteiger partial charge is 0.406 e. The molecule has 0 fully saturated rings. The summed E-state index contributed by atoms with van der Waals surface area (Å²) in [6, 6.07) is 0. The van der Waals surface area contributed by atoms with Crippen molar-refractivity contribution in [2.24, 2.45) is 11.7 Å². The van der Waals surface area contributed by atoms with Crippen LogP contribution in [-0.2, 0) is 6.54 Å². The fourth-order valence-electron chi connectivity index (χ4n) is 3.43. The Morgan fingerprint density at radius 1 is 1.37 bits per heavy atom. The summed E-state index contributed by atoms with van der Waals surface area (Å²) in [5.74, 6) is -1.78. The molecule has 27 heavy (non-hydrogen) atoms. The van der Waals surface area contributed by atoms with Crippen LogP contribution >= 0.6 is 0 Å². The lowest BCUT2D eigenvalue weighted by atomic mass is 9.77. The van der Waals surface area contributed by atoms with E-state index in [1.54, 1.807) is 26.0 Å².